The van der Waals surface area contributed by atoms with Crippen molar-refractivity contribution in [1.82, 2.24) is 9.97 Å². The van der Waals surface area contributed by atoms with E-state index in [9.17, 15) is 0 Å². The van der Waals surface area contributed by atoms with Gasteiger partial charge in [0.25, 0.3) is 0 Å². The highest BCUT2D eigenvalue weighted by Crippen LogP contribution is 2.34. The van der Waals surface area contributed by atoms with Crippen LogP contribution in [0, 0.1) is 0 Å². The molecule has 0 aliphatic rings. The minimum absolute atomic E-state index is 0.380. The van der Waals surface area contributed by atoms with Crippen LogP contribution in [-0.4, -0.2) is 9.97 Å². The van der Waals surface area contributed by atoms with E-state index in [1.165, 1.54) is 5.56 Å². The van der Waals surface area contributed by atoms with Crippen molar-refractivity contribution in [3.8, 4) is 11.3 Å². The van der Waals surface area contributed by atoms with Crippen molar-refractivity contribution in [3.05, 3.63) is 59.9 Å². The van der Waals surface area contributed by atoms with Gasteiger partial charge >= 0.3 is 0 Å². The number of aryl methyl sites for hydroxylation is 1. The summed E-state index contributed by atoms with van der Waals surface area (Å²) in [5.41, 5.74) is 5.79. The van der Waals surface area contributed by atoms with Gasteiger partial charge in [0.1, 0.15) is 5.58 Å². The fourth-order valence-electron chi connectivity index (χ4n) is 3.01. The van der Waals surface area contributed by atoms with Crippen molar-refractivity contribution in [2.24, 2.45) is 0 Å². The van der Waals surface area contributed by atoms with Crippen molar-refractivity contribution < 1.29 is 4.42 Å². The van der Waals surface area contributed by atoms with E-state index in [4.69, 9.17) is 4.42 Å². The third kappa shape index (κ3) is 2.37. The molecule has 3 nitrogen and oxygen atoms in total. The lowest BCUT2D eigenvalue weighted by molar-refractivity contribution is 0.648. The molecule has 0 radical (unpaired) electrons. The van der Waals surface area contributed by atoms with Crippen LogP contribution >= 0.6 is 0 Å². The van der Waals surface area contributed by atoms with Crippen LogP contribution in [0.2, 0.25) is 0 Å². The highest BCUT2D eigenvalue weighted by atomic mass is 16.3. The maximum absolute atomic E-state index is 6.13. The zero-order valence-electron chi connectivity index (χ0n) is 14.2. The fraction of sp³-hybridized carbons (Fsp3) is 0.238. The summed E-state index contributed by atoms with van der Waals surface area (Å²) in [5, 5.41) is 2.15. The Morgan fingerprint density at radius 1 is 1.00 bits per heavy atom. The molecule has 0 aliphatic heterocycles. The number of pyridine rings is 2. The first-order valence-electron chi connectivity index (χ1n) is 8.45. The van der Waals surface area contributed by atoms with Crippen molar-refractivity contribution in [2.75, 3.05) is 0 Å². The van der Waals surface area contributed by atoms with Crippen LogP contribution in [0.1, 0.15) is 37.9 Å². The summed E-state index contributed by atoms with van der Waals surface area (Å²) in [6.07, 6.45) is 2.93. The molecule has 4 rings (SSSR count). The van der Waals surface area contributed by atoms with Gasteiger partial charge in [-0.25, -0.2) is 4.98 Å². The van der Waals surface area contributed by atoms with Crippen LogP contribution in [-0.2, 0) is 6.42 Å². The smallest absolute Gasteiger partial charge is 0.227 e. The predicted molar refractivity (Wildman–Crippen MR) is 98.2 cm³/mol. The van der Waals surface area contributed by atoms with Crippen LogP contribution in [0.4, 0.5) is 0 Å². The van der Waals surface area contributed by atoms with Gasteiger partial charge < -0.3 is 4.42 Å². The summed E-state index contributed by atoms with van der Waals surface area (Å²) in [6, 6.07) is 14.6. The molecular formula is C21H20N2O. The summed E-state index contributed by atoms with van der Waals surface area (Å²) >= 11 is 0. The van der Waals surface area contributed by atoms with E-state index >= 15 is 0 Å². The van der Waals surface area contributed by atoms with Crippen molar-refractivity contribution >= 4 is 22.1 Å². The standard InChI is InChI=1S/C21H20N2O/c1-4-14-8-10-19(22-12-14)17-7-5-6-15-16-9-11-18(13(2)3)23-21(16)24-20(15)17/h5-13H,4H2,1-3H3. The zero-order chi connectivity index (χ0) is 16.7. The third-order valence-electron chi connectivity index (χ3n) is 4.49. The number of benzene rings is 1. The normalized spacial score (nSPS) is 11.7. The van der Waals surface area contributed by atoms with Gasteiger partial charge in [-0.15, -0.1) is 0 Å². The average molecular weight is 316 g/mol. The molecule has 3 heterocycles. The van der Waals surface area contributed by atoms with E-state index in [1.54, 1.807) is 0 Å². The van der Waals surface area contributed by atoms with E-state index in [-0.39, 0.29) is 0 Å². The molecule has 0 saturated heterocycles. The first-order chi connectivity index (χ1) is 11.7. The van der Waals surface area contributed by atoms with Crippen molar-refractivity contribution in [3.63, 3.8) is 0 Å². The van der Waals surface area contributed by atoms with E-state index in [1.807, 2.05) is 6.20 Å². The number of aromatic nitrogens is 2. The Labute approximate surface area is 141 Å². The average Bonchev–Trinajstić information content (AvgIpc) is 2.99. The number of nitrogens with zero attached hydrogens (tertiary/aromatic N) is 2. The number of para-hydroxylation sites is 1. The second-order valence-electron chi connectivity index (χ2n) is 6.43. The second kappa shape index (κ2) is 5.75. The molecule has 3 heteroatoms. The summed E-state index contributed by atoms with van der Waals surface area (Å²) in [5.74, 6) is 0.380. The SMILES string of the molecule is CCc1ccc(-c2cccc3c2oc2nc(C(C)C)ccc23)nc1. The van der Waals surface area contributed by atoms with Crippen molar-refractivity contribution in [1.29, 1.82) is 0 Å². The zero-order valence-corrected chi connectivity index (χ0v) is 14.2. The molecule has 4 aromatic rings. The van der Waals surface area contributed by atoms with Gasteiger partial charge in [0.05, 0.1) is 5.69 Å². The Hall–Kier alpha value is -2.68. The van der Waals surface area contributed by atoms with Gasteiger partial charge in [-0.2, -0.15) is 0 Å². The predicted octanol–water partition coefficient (Wildman–Crippen LogP) is 5.73. The van der Waals surface area contributed by atoms with Gasteiger partial charge in [0.15, 0.2) is 0 Å². The third-order valence-corrected chi connectivity index (χ3v) is 4.49. The van der Waals surface area contributed by atoms with Gasteiger partial charge in [-0.3, -0.25) is 4.98 Å². The van der Waals surface area contributed by atoms with Crippen LogP contribution in [0.15, 0.2) is 53.1 Å². The number of furan rings is 1. The van der Waals surface area contributed by atoms with Gasteiger partial charge in [0, 0.05) is 28.2 Å². The molecule has 0 atom stereocenters. The maximum Gasteiger partial charge on any atom is 0.227 e. The van der Waals surface area contributed by atoms with E-state index in [0.29, 0.717) is 11.6 Å². The van der Waals surface area contributed by atoms with E-state index in [0.717, 1.165) is 39.7 Å². The minimum atomic E-state index is 0.380. The van der Waals surface area contributed by atoms with Gasteiger partial charge in [-0.05, 0) is 42.2 Å². The molecule has 1 aromatic carbocycles. The minimum Gasteiger partial charge on any atom is -0.437 e. The molecule has 0 N–H and O–H groups in total. The topological polar surface area (TPSA) is 38.9 Å². The number of hydrogen-bond donors (Lipinski definition) is 0. The Morgan fingerprint density at radius 3 is 2.58 bits per heavy atom. The highest BCUT2D eigenvalue weighted by molar-refractivity contribution is 6.08. The molecule has 0 amide bonds. The molecule has 0 fully saturated rings. The molecular weight excluding hydrogens is 296 g/mol. The quantitative estimate of drug-likeness (QED) is 0.484. The van der Waals surface area contributed by atoms with Crippen LogP contribution in [0.5, 0.6) is 0 Å². The largest absolute Gasteiger partial charge is 0.437 e. The number of rotatable bonds is 3. The molecule has 0 bridgehead atoms. The lowest BCUT2D eigenvalue weighted by Gasteiger charge is -2.02. The van der Waals surface area contributed by atoms with Gasteiger partial charge in [-0.1, -0.05) is 39.0 Å². The monoisotopic (exact) mass is 316 g/mol. The van der Waals surface area contributed by atoms with Crippen molar-refractivity contribution in [2.45, 2.75) is 33.1 Å². The molecule has 0 saturated carbocycles. The first kappa shape index (κ1) is 14.9. The Bertz CT molecular complexity index is 1010. The Balaban J connectivity index is 1.94. The maximum atomic E-state index is 6.13. The molecule has 3 aromatic heterocycles. The lowest BCUT2D eigenvalue weighted by Crippen LogP contribution is -1.90. The Morgan fingerprint density at radius 2 is 1.88 bits per heavy atom. The first-order valence-corrected chi connectivity index (χ1v) is 8.45. The van der Waals surface area contributed by atoms with E-state index < -0.39 is 0 Å². The molecule has 0 unspecified atom stereocenters. The summed E-state index contributed by atoms with van der Waals surface area (Å²) in [7, 11) is 0. The fourth-order valence-corrected chi connectivity index (χ4v) is 3.01. The van der Waals surface area contributed by atoms with Crippen LogP contribution < -0.4 is 0 Å². The molecule has 0 aliphatic carbocycles. The van der Waals surface area contributed by atoms with Gasteiger partial charge in [0.2, 0.25) is 5.71 Å². The Kier molecular flexibility index (Phi) is 3.57. The van der Waals surface area contributed by atoms with Crippen LogP contribution in [0.25, 0.3) is 33.3 Å². The summed E-state index contributed by atoms with van der Waals surface area (Å²) in [4.78, 5) is 9.29. The number of fused-ring (bicyclic) bond motifs is 3. The second-order valence-corrected chi connectivity index (χ2v) is 6.43. The number of hydrogen-bond acceptors (Lipinski definition) is 3. The van der Waals surface area contributed by atoms with Crippen LogP contribution in [0.3, 0.4) is 0 Å². The molecule has 24 heavy (non-hydrogen) atoms. The molecule has 120 valence electrons. The molecule has 0 spiro atoms. The lowest BCUT2D eigenvalue weighted by atomic mass is 10.1. The highest BCUT2D eigenvalue weighted by Gasteiger charge is 2.14. The van der Waals surface area contributed by atoms with E-state index in [2.05, 4.69) is 73.2 Å². The summed E-state index contributed by atoms with van der Waals surface area (Å²) < 4.78 is 6.13. The summed E-state index contributed by atoms with van der Waals surface area (Å²) in [6.45, 7) is 6.41.